The maximum Gasteiger partial charge on any atom is 0.303 e. The molecular formula is C27H29NO2. The van der Waals surface area contributed by atoms with Crippen LogP contribution in [0.15, 0.2) is 109 Å². The maximum absolute atomic E-state index is 11.3. The number of carboxylic acid groups (broad SMARTS) is 1. The minimum absolute atomic E-state index is 0.0973. The Morgan fingerprint density at radius 1 is 0.967 bits per heavy atom. The van der Waals surface area contributed by atoms with Crippen molar-refractivity contribution < 1.29 is 9.90 Å². The third-order valence-corrected chi connectivity index (χ3v) is 5.68. The van der Waals surface area contributed by atoms with Crippen molar-refractivity contribution in [2.75, 3.05) is 0 Å². The van der Waals surface area contributed by atoms with Crippen LogP contribution in [0.25, 0.3) is 0 Å². The quantitative estimate of drug-likeness (QED) is 0.473. The molecule has 154 valence electrons. The molecule has 0 heterocycles. The molecule has 3 heteroatoms. The molecule has 2 N–H and O–H groups in total. The van der Waals surface area contributed by atoms with Crippen molar-refractivity contribution in [1.29, 1.82) is 0 Å². The summed E-state index contributed by atoms with van der Waals surface area (Å²) in [5, 5.41) is 13.1. The predicted molar refractivity (Wildman–Crippen MR) is 123 cm³/mol. The Kier molecular flexibility index (Phi) is 7.08. The molecule has 1 aliphatic rings. The monoisotopic (exact) mass is 399 g/mol. The highest BCUT2D eigenvalue weighted by molar-refractivity contribution is 5.67. The summed E-state index contributed by atoms with van der Waals surface area (Å²) in [6.45, 7) is 8.00. The molecule has 2 aromatic carbocycles. The zero-order chi connectivity index (χ0) is 21.4. The van der Waals surface area contributed by atoms with Gasteiger partial charge in [0.1, 0.15) is 5.54 Å². The van der Waals surface area contributed by atoms with E-state index in [1.54, 1.807) is 6.08 Å². The van der Waals surface area contributed by atoms with Gasteiger partial charge in [0, 0.05) is 5.70 Å². The van der Waals surface area contributed by atoms with Crippen LogP contribution in [0.3, 0.4) is 0 Å². The van der Waals surface area contributed by atoms with Gasteiger partial charge in [-0.15, -0.1) is 0 Å². The highest BCUT2D eigenvalue weighted by Gasteiger charge is 2.38. The second kappa shape index (κ2) is 9.93. The number of allylic oxidation sites excluding steroid dienone is 4. The van der Waals surface area contributed by atoms with Gasteiger partial charge in [-0.1, -0.05) is 97.6 Å². The Bertz CT molecular complexity index is 909. The van der Waals surface area contributed by atoms with E-state index < -0.39 is 11.5 Å². The van der Waals surface area contributed by atoms with E-state index in [2.05, 4.69) is 42.7 Å². The molecular weight excluding hydrogens is 370 g/mol. The highest BCUT2D eigenvalue weighted by Crippen LogP contribution is 2.41. The van der Waals surface area contributed by atoms with Gasteiger partial charge in [-0.3, -0.25) is 4.79 Å². The Morgan fingerprint density at radius 3 is 1.93 bits per heavy atom. The van der Waals surface area contributed by atoms with Crippen LogP contribution in [0.5, 0.6) is 0 Å². The van der Waals surface area contributed by atoms with E-state index in [0.29, 0.717) is 6.42 Å². The van der Waals surface area contributed by atoms with Crippen molar-refractivity contribution in [3.8, 4) is 0 Å². The standard InChI is InChI=1S/C27H29NO2/c1-3-12-22(4-2)27(23-15-7-5-8-16-23,24-17-9-6-10-18-24)28-25(19-20-26(29)30)21-13-11-14-21/h3-10,12,15-18,28H,1-2,11,13-14,19-20H2,(H,29,30)/b22-12+. The molecule has 0 aliphatic heterocycles. The Morgan fingerprint density at radius 2 is 1.53 bits per heavy atom. The Labute approximate surface area is 179 Å². The lowest BCUT2D eigenvalue weighted by atomic mass is 9.75. The van der Waals surface area contributed by atoms with Gasteiger partial charge in [-0.05, 0) is 42.4 Å². The molecule has 30 heavy (non-hydrogen) atoms. The van der Waals surface area contributed by atoms with Crippen molar-refractivity contribution in [2.45, 2.75) is 37.6 Å². The molecule has 0 unspecified atom stereocenters. The van der Waals surface area contributed by atoms with Gasteiger partial charge in [-0.25, -0.2) is 0 Å². The third kappa shape index (κ3) is 4.46. The summed E-state index contributed by atoms with van der Waals surface area (Å²) in [5.41, 5.74) is 4.73. The first kappa shape index (κ1) is 21.4. The molecule has 0 bridgehead atoms. The number of carbonyl (C=O) groups is 1. The lowest BCUT2D eigenvalue weighted by Crippen LogP contribution is -2.45. The van der Waals surface area contributed by atoms with Crippen LogP contribution >= 0.6 is 0 Å². The molecule has 3 rings (SSSR count). The van der Waals surface area contributed by atoms with E-state index in [9.17, 15) is 9.90 Å². The van der Waals surface area contributed by atoms with Gasteiger partial charge in [0.25, 0.3) is 0 Å². The van der Waals surface area contributed by atoms with Crippen LogP contribution in [-0.2, 0) is 10.3 Å². The molecule has 2 aromatic rings. The van der Waals surface area contributed by atoms with Crippen LogP contribution in [0, 0.1) is 0 Å². The van der Waals surface area contributed by atoms with Gasteiger partial charge in [0.05, 0.1) is 6.42 Å². The average Bonchev–Trinajstić information content (AvgIpc) is 2.74. The summed E-state index contributed by atoms with van der Waals surface area (Å²) in [5.74, 6) is -0.787. The number of hydrogen-bond acceptors (Lipinski definition) is 2. The van der Waals surface area contributed by atoms with Crippen LogP contribution in [0.2, 0.25) is 0 Å². The molecule has 1 fully saturated rings. The normalized spacial score (nSPS) is 13.9. The summed E-state index contributed by atoms with van der Waals surface area (Å²) in [4.78, 5) is 11.3. The fourth-order valence-corrected chi connectivity index (χ4v) is 4.01. The minimum atomic E-state index is -0.787. The van der Waals surface area contributed by atoms with E-state index in [4.69, 9.17) is 0 Å². The number of rotatable bonds is 10. The molecule has 1 saturated carbocycles. The molecule has 0 amide bonds. The summed E-state index contributed by atoms with van der Waals surface area (Å²) in [7, 11) is 0. The van der Waals surface area contributed by atoms with Crippen LogP contribution in [0.4, 0.5) is 0 Å². The predicted octanol–water partition coefficient (Wildman–Crippen LogP) is 6.12. The molecule has 0 spiro atoms. The largest absolute Gasteiger partial charge is 0.481 e. The van der Waals surface area contributed by atoms with Crippen molar-refractivity contribution in [3.63, 3.8) is 0 Å². The SMILES string of the molecule is C=C/C=C(\C=C)C(NC(CCC(=O)O)=C1CCC1)(c1ccccc1)c1ccccc1. The molecule has 0 radical (unpaired) electrons. The first-order valence-corrected chi connectivity index (χ1v) is 10.4. The van der Waals surface area contributed by atoms with Crippen molar-refractivity contribution >= 4 is 5.97 Å². The molecule has 3 nitrogen and oxygen atoms in total. The summed E-state index contributed by atoms with van der Waals surface area (Å²) in [6.07, 6.45) is 9.34. The second-order valence-corrected chi connectivity index (χ2v) is 7.50. The number of nitrogens with one attached hydrogen (secondary N) is 1. The number of hydrogen-bond donors (Lipinski definition) is 2. The van der Waals surface area contributed by atoms with E-state index in [1.165, 1.54) is 5.57 Å². The fourth-order valence-electron chi connectivity index (χ4n) is 4.01. The van der Waals surface area contributed by atoms with Crippen molar-refractivity contribution in [1.82, 2.24) is 5.32 Å². The van der Waals surface area contributed by atoms with Gasteiger partial charge in [0.2, 0.25) is 0 Å². The van der Waals surface area contributed by atoms with E-state index in [1.807, 2.05) is 48.6 Å². The zero-order valence-corrected chi connectivity index (χ0v) is 17.3. The maximum atomic E-state index is 11.3. The second-order valence-electron chi connectivity index (χ2n) is 7.50. The molecule has 0 aromatic heterocycles. The summed E-state index contributed by atoms with van der Waals surface area (Å²) in [6, 6.07) is 20.5. The third-order valence-electron chi connectivity index (χ3n) is 5.68. The van der Waals surface area contributed by atoms with Gasteiger partial charge in [-0.2, -0.15) is 0 Å². The number of benzene rings is 2. The first-order chi connectivity index (χ1) is 14.6. The lowest BCUT2D eigenvalue weighted by molar-refractivity contribution is -0.137. The van der Waals surface area contributed by atoms with Crippen LogP contribution in [-0.4, -0.2) is 11.1 Å². The minimum Gasteiger partial charge on any atom is -0.481 e. The molecule has 0 saturated heterocycles. The van der Waals surface area contributed by atoms with Crippen molar-refractivity contribution in [2.24, 2.45) is 0 Å². The van der Waals surface area contributed by atoms with Crippen LogP contribution in [0.1, 0.15) is 43.2 Å². The average molecular weight is 400 g/mol. The molecule has 1 aliphatic carbocycles. The van der Waals surface area contributed by atoms with Gasteiger partial charge >= 0.3 is 5.97 Å². The first-order valence-electron chi connectivity index (χ1n) is 10.4. The van der Waals surface area contributed by atoms with E-state index >= 15 is 0 Å². The topological polar surface area (TPSA) is 49.3 Å². The van der Waals surface area contributed by atoms with Crippen LogP contribution < -0.4 is 5.32 Å². The summed E-state index contributed by atoms with van der Waals surface area (Å²) >= 11 is 0. The zero-order valence-electron chi connectivity index (χ0n) is 17.3. The lowest BCUT2D eigenvalue weighted by Gasteiger charge is -2.41. The number of carboxylic acids is 1. The van der Waals surface area contributed by atoms with Crippen molar-refractivity contribution in [3.05, 3.63) is 120 Å². The fraction of sp³-hybridized carbons (Fsp3) is 0.222. The van der Waals surface area contributed by atoms with E-state index in [-0.39, 0.29) is 6.42 Å². The van der Waals surface area contributed by atoms with Gasteiger partial charge in [0.15, 0.2) is 0 Å². The highest BCUT2D eigenvalue weighted by atomic mass is 16.4. The Hall–Kier alpha value is -3.33. The summed E-state index contributed by atoms with van der Waals surface area (Å²) < 4.78 is 0. The smallest absolute Gasteiger partial charge is 0.303 e. The van der Waals surface area contributed by atoms with Gasteiger partial charge < -0.3 is 10.4 Å². The molecule has 0 atom stereocenters. The number of aliphatic carboxylic acids is 1. The Balaban J connectivity index is 2.24. The van der Waals surface area contributed by atoms with E-state index in [0.717, 1.165) is 41.7 Å².